The van der Waals surface area contributed by atoms with E-state index in [1.807, 2.05) is 17.6 Å². The lowest BCUT2D eigenvalue weighted by Crippen LogP contribution is -2.62. The number of rotatable bonds is 3. The quantitative estimate of drug-likeness (QED) is 0.165. The van der Waals surface area contributed by atoms with Gasteiger partial charge in [-0.1, -0.05) is 156 Å². The summed E-state index contributed by atoms with van der Waals surface area (Å²) in [6.07, 6.45) is 4.24. The van der Waals surface area contributed by atoms with Crippen molar-refractivity contribution in [1.29, 1.82) is 0 Å². The Morgan fingerprint density at radius 2 is 1.19 bits per heavy atom. The summed E-state index contributed by atoms with van der Waals surface area (Å²) in [5, 5.41) is 3.82. The molecule has 2 aromatic heterocycles. The molecule has 8 aromatic carbocycles. The van der Waals surface area contributed by atoms with Crippen LogP contribution in [-0.4, -0.2) is 6.85 Å². The molecule has 366 valence electrons. The highest BCUT2D eigenvalue weighted by molar-refractivity contribution is 7.26. The van der Waals surface area contributed by atoms with Gasteiger partial charge in [-0.3, -0.25) is 0 Å². The van der Waals surface area contributed by atoms with E-state index in [0.717, 1.165) is 11.0 Å². The minimum Gasteiger partial charge on any atom is -0.464 e. The van der Waals surface area contributed by atoms with Crippen molar-refractivity contribution in [1.82, 2.24) is 0 Å². The van der Waals surface area contributed by atoms with Gasteiger partial charge in [0.15, 0.2) is 0 Å². The van der Waals surface area contributed by atoms with Gasteiger partial charge in [0.25, 0.3) is 0 Å². The number of hydrogen-bond acceptors (Lipinski definition) is 4. The molecular formula is C69H65BN2OS. The third-order valence-corrected chi connectivity index (χ3v) is 19.2. The lowest BCUT2D eigenvalue weighted by molar-refractivity contribution is 0.332. The topological polar surface area (TPSA) is 19.6 Å². The largest absolute Gasteiger partial charge is 0.464 e. The van der Waals surface area contributed by atoms with Gasteiger partial charge >= 0.3 is 6.85 Å². The summed E-state index contributed by atoms with van der Waals surface area (Å²) in [6, 6.07) is 57.0. The van der Waals surface area contributed by atoms with Crippen LogP contribution in [0.4, 0.5) is 28.4 Å². The smallest absolute Gasteiger partial charge is 0.333 e. The molecule has 10 aromatic rings. The molecule has 3 nitrogen and oxygen atoms in total. The molecule has 0 radical (unpaired) electrons. The predicted molar refractivity (Wildman–Crippen MR) is 319 cm³/mol. The summed E-state index contributed by atoms with van der Waals surface area (Å²) in [6.45, 7) is 28.5. The number of benzene rings is 8. The highest BCUT2D eigenvalue weighted by Gasteiger charge is 2.51. The molecule has 0 atom stereocenters. The van der Waals surface area contributed by atoms with E-state index >= 15 is 0 Å². The van der Waals surface area contributed by atoms with E-state index in [-0.39, 0.29) is 33.9 Å². The lowest BCUT2D eigenvalue weighted by atomic mass is 9.42. The number of hydrogen-bond donors (Lipinski definition) is 0. The van der Waals surface area contributed by atoms with Crippen LogP contribution in [0.3, 0.4) is 0 Å². The molecule has 0 spiro atoms. The molecule has 2 aliphatic carbocycles. The lowest BCUT2D eigenvalue weighted by Gasteiger charge is -2.47. The molecule has 5 heteroatoms. The van der Waals surface area contributed by atoms with E-state index in [2.05, 4.69) is 238 Å². The summed E-state index contributed by atoms with van der Waals surface area (Å²) in [7, 11) is 0. The SMILES string of the molecule is CC(C)(C)c1ccc(N2B3c4cc5occc5cc4N(c4ccc(C(C)(C)C)cc4-c4ccccc4)c4cc5c(c(c43)-c3cc4c(cc32)sc2cc3c(cc24)C(C)(C)CCC3(C)C)C(C)(C)c2ccccc2-5)cc1. The molecule has 2 aliphatic heterocycles. The van der Waals surface area contributed by atoms with E-state index in [1.165, 1.54) is 139 Å². The molecule has 4 heterocycles. The first kappa shape index (κ1) is 45.8. The first-order valence-corrected chi connectivity index (χ1v) is 27.8. The van der Waals surface area contributed by atoms with Crippen molar-refractivity contribution in [2.24, 2.45) is 0 Å². The monoisotopic (exact) mass is 980 g/mol. The van der Waals surface area contributed by atoms with Gasteiger partial charge in [-0.2, -0.15) is 0 Å². The zero-order chi connectivity index (χ0) is 51.2. The fourth-order valence-corrected chi connectivity index (χ4v) is 14.9. The maximum atomic E-state index is 6.44. The molecule has 0 bridgehead atoms. The molecule has 0 saturated carbocycles. The molecule has 0 unspecified atom stereocenters. The van der Waals surface area contributed by atoms with Crippen molar-refractivity contribution >= 4 is 88.7 Å². The Labute approximate surface area is 442 Å². The first-order chi connectivity index (χ1) is 35.2. The van der Waals surface area contributed by atoms with Gasteiger partial charge in [0, 0.05) is 64.8 Å². The fourth-order valence-electron chi connectivity index (χ4n) is 13.8. The summed E-state index contributed by atoms with van der Waals surface area (Å²) >= 11 is 1.97. The van der Waals surface area contributed by atoms with Crippen molar-refractivity contribution in [2.45, 2.75) is 123 Å². The maximum absolute atomic E-state index is 6.44. The minimum absolute atomic E-state index is 0.00656. The Morgan fingerprint density at radius 3 is 1.92 bits per heavy atom. The fraction of sp³-hybridized carbons (Fsp3) is 0.275. The van der Waals surface area contributed by atoms with Crippen molar-refractivity contribution < 1.29 is 4.42 Å². The van der Waals surface area contributed by atoms with Crippen LogP contribution in [0.25, 0.3) is 64.5 Å². The van der Waals surface area contributed by atoms with Gasteiger partial charge in [0.05, 0.1) is 12.0 Å². The highest BCUT2D eigenvalue weighted by Crippen LogP contribution is 2.60. The Morgan fingerprint density at radius 1 is 0.527 bits per heavy atom. The Hall–Kier alpha value is -6.82. The van der Waals surface area contributed by atoms with Gasteiger partial charge in [-0.15, -0.1) is 11.3 Å². The molecular weight excluding hydrogens is 916 g/mol. The number of nitrogens with zero attached hydrogens (tertiary/aromatic N) is 2. The molecule has 74 heavy (non-hydrogen) atoms. The van der Waals surface area contributed by atoms with Crippen molar-refractivity contribution in [2.75, 3.05) is 9.71 Å². The average Bonchev–Trinajstić information content (AvgIpc) is 4.06. The maximum Gasteiger partial charge on any atom is 0.333 e. The molecule has 0 N–H and O–H groups in total. The van der Waals surface area contributed by atoms with Crippen LogP contribution in [0.2, 0.25) is 0 Å². The van der Waals surface area contributed by atoms with Gasteiger partial charge in [-0.25, -0.2) is 0 Å². The van der Waals surface area contributed by atoms with E-state index in [0.29, 0.717) is 0 Å². The van der Waals surface area contributed by atoms with Crippen LogP contribution < -0.4 is 20.6 Å². The third-order valence-electron chi connectivity index (χ3n) is 18.1. The minimum atomic E-state index is -0.283. The molecule has 4 aliphatic rings. The highest BCUT2D eigenvalue weighted by atomic mass is 32.1. The van der Waals surface area contributed by atoms with Gasteiger partial charge in [-0.05, 0) is 174 Å². The van der Waals surface area contributed by atoms with Crippen molar-refractivity contribution in [3.05, 3.63) is 185 Å². The average molecular weight is 981 g/mol. The van der Waals surface area contributed by atoms with Gasteiger partial charge in [0.1, 0.15) is 5.58 Å². The van der Waals surface area contributed by atoms with Crippen LogP contribution in [0.1, 0.15) is 129 Å². The van der Waals surface area contributed by atoms with Crippen LogP contribution in [0, 0.1) is 0 Å². The number of fused-ring (bicyclic) bond motifs is 13. The second-order valence-corrected chi connectivity index (χ2v) is 27.1. The summed E-state index contributed by atoms with van der Waals surface area (Å²) in [5.41, 5.74) is 25.6. The van der Waals surface area contributed by atoms with Crippen LogP contribution >= 0.6 is 11.3 Å². The normalized spacial score (nSPS) is 16.8. The van der Waals surface area contributed by atoms with Crippen LogP contribution in [0.15, 0.2) is 156 Å². The van der Waals surface area contributed by atoms with Crippen molar-refractivity contribution in [3.8, 4) is 33.4 Å². The second-order valence-electron chi connectivity index (χ2n) is 26.0. The van der Waals surface area contributed by atoms with Gasteiger partial charge in [0.2, 0.25) is 0 Å². The molecule has 14 rings (SSSR count). The van der Waals surface area contributed by atoms with Gasteiger partial charge < -0.3 is 14.1 Å². The zero-order valence-corrected chi connectivity index (χ0v) is 46.0. The number of anilines is 5. The molecule has 0 fully saturated rings. The van der Waals surface area contributed by atoms with Crippen molar-refractivity contribution in [3.63, 3.8) is 0 Å². The predicted octanol–water partition coefficient (Wildman–Crippen LogP) is 18.4. The second kappa shape index (κ2) is 15.2. The van der Waals surface area contributed by atoms with Crippen LogP contribution in [-0.2, 0) is 27.1 Å². The third kappa shape index (κ3) is 6.44. The van der Waals surface area contributed by atoms with E-state index in [4.69, 9.17) is 4.42 Å². The van der Waals surface area contributed by atoms with E-state index in [1.54, 1.807) is 0 Å². The zero-order valence-electron chi connectivity index (χ0n) is 45.1. The summed E-state index contributed by atoms with van der Waals surface area (Å²) in [5.74, 6) is 0. The first-order valence-electron chi connectivity index (χ1n) is 27.0. The summed E-state index contributed by atoms with van der Waals surface area (Å²) in [4.78, 5) is 5.35. The van der Waals surface area contributed by atoms with E-state index in [9.17, 15) is 0 Å². The van der Waals surface area contributed by atoms with E-state index < -0.39 is 0 Å². The standard InChI is InChI=1S/C69H65BN2OS/c1-65(2,3)42-22-25-44(26-23-42)72-56-39-61-47(48-35-52-53(37-60(48)74-61)68(9,10)30-29-67(52,7)8)34-50(56)62-63-49(45-20-16-17-21-51(45)69(63,11)12)36-58-64(62)70(72)54-38-59-41(28-31-73-59)32-57(54)71(58)55-27-24-43(66(4,5)6)33-46(55)40-18-14-13-15-19-40/h13-28,31-39H,29-30H2,1-12H3. The molecule has 0 amide bonds. The Balaban J connectivity index is 1.16. The molecule has 0 saturated heterocycles. The number of furan rings is 1. The Kier molecular flexibility index (Phi) is 9.38. The van der Waals surface area contributed by atoms with Crippen LogP contribution in [0.5, 0.6) is 0 Å². The Bertz CT molecular complexity index is 4020. The number of thiophene rings is 1. The summed E-state index contributed by atoms with van der Waals surface area (Å²) < 4.78 is 9.15.